The summed E-state index contributed by atoms with van der Waals surface area (Å²) in [5.74, 6) is 0.539. The minimum Gasteiger partial charge on any atom is -0.372 e. The lowest BCUT2D eigenvalue weighted by molar-refractivity contribution is -0.174. The Kier molecular flexibility index (Phi) is 8.19. The third-order valence-electron chi connectivity index (χ3n) is 1.88. The van der Waals surface area contributed by atoms with Gasteiger partial charge in [0, 0.05) is 25.6 Å². The quantitative estimate of drug-likeness (QED) is 0.483. The minimum atomic E-state index is -4.22. The number of ether oxygens (including phenoxy) is 1. The molecule has 6 heteroatoms. The first-order valence-electron chi connectivity index (χ1n) is 4.92. The largest absolute Gasteiger partial charge is 0.411 e. The molecule has 0 aromatic heterocycles. The van der Waals surface area contributed by atoms with Crippen LogP contribution in [-0.4, -0.2) is 49.8 Å². The van der Waals surface area contributed by atoms with Crippen LogP contribution in [-0.2, 0) is 4.74 Å². The van der Waals surface area contributed by atoms with E-state index in [2.05, 4.69) is 9.64 Å². The first-order chi connectivity index (χ1) is 6.99. The van der Waals surface area contributed by atoms with Gasteiger partial charge in [0.05, 0.1) is 0 Å². The van der Waals surface area contributed by atoms with E-state index in [4.69, 9.17) is 11.6 Å². The Hall–Kier alpha value is -0.0000000000000000555. The van der Waals surface area contributed by atoms with E-state index in [0.717, 1.165) is 19.6 Å². The van der Waals surface area contributed by atoms with Crippen molar-refractivity contribution >= 4 is 11.6 Å². The molecule has 0 aromatic carbocycles. The maximum atomic E-state index is 11.7. The van der Waals surface area contributed by atoms with Crippen LogP contribution in [0.2, 0.25) is 0 Å². The Morgan fingerprint density at radius 2 is 1.93 bits per heavy atom. The Morgan fingerprint density at radius 1 is 1.27 bits per heavy atom. The summed E-state index contributed by atoms with van der Waals surface area (Å²) in [5, 5.41) is 0. The second-order valence-corrected chi connectivity index (χ2v) is 3.52. The number of nitrogens with zero attached hydrogens (tertiary/aromatic N) is 1. The molecule has 0 amide bonds. The van der Waals surface area contributed by atoms with Crippen LogP contribution in [0.4, 0.5) is 13.2 Å². The van der Waals surface area contributed by atoms with Gasteiger partial charge in [-0.15, -0.1) is 11.6 Å². The van der Waals surface area contributed by atoms with Gasteiger partial charge < -0.3 is 9.64 Å². The second-order valence-electron chi connectivity index (χ2n) is 3.14. The van der Waals surface area contributed by atoms with Crippen LogP contribution in [0.15, 0.2) is 0 Å². The van der Waals surface area contributed by atoms with Crippen molar-refractivity contribution in [2.45, 2.75) is 19.5 Å². The topological polar surface area (TPSA) is 12.5 Å². The molecule has 92 valence electrons. The predicted octanol–water partition coefficient (Wildman–Crippen LogP) is 2.52. The zero-order chi connectivity index (χ0) is 11.7. The molecule has 0 bridgehead atoms. The van der Waals surface area contributed by atoms with Gasteiger partial charge in [0.2, 0.25) is 0 Å². The molecule has 0 heterocycles. The predicted molar refractivity (Wildman–Crippen MR) is 54.3 cm³/mol. The highest BCUT2D eigenvalue weighted by Crippen LogP contribution is 2.14. The lowest BCUT2D eigenvalue weighted by Gasteiger charge is -2.18. The van der Waals surface area contributed by atoms with E-state index in [1.807, 2.05) is 6.92 Å². The Bertz CT molecular complexity index is 155. The van der Waals surface area contributed by atoms with Crippen LogP contribution in [0.3, 0.4) is 0 Å². The summed E-state index contributed by atoms with van der Waals surface area (Å²) in [6, 6.07) is 0. The Morgan fingerprint density at radius 3 is 2.40 bits per heavy atom. The first-order valence-corrected chi connectivity index (χ1v) is 5.46. The minimum absolute atomic E-state index is 0.137. The van der Waals surface area contributed by atoms with Crippen LogP contribution < -0.4 is 0 Å². The van der Waals surface area contributed by atoms with E-state index in [1.165, 1.54) is 0 Å². The Balaban J connectivity index is 3.36. The van der Waals surface area contributed by atoms with Crippen LogP contribution in [0, 0.1) is 0 Å². The third kappa shape index (κ3) is 10.3. The highest BCUT2D eigenvalue weighted by molar-refractivity contribution is 6.18. The smallest absolute Gasteiger partial charge is 0.372 e. The fourth-order valence-electron chi connectivity index (χ4n) is 1.13. The SMILES string of the molecule is CCN(CCCl)CCCOCC(F)(F)F. The zero-order valence-corrected chi connectivity index (χ0v) is 9.57. The molecule has 0 saturated carbocycles. The lowest BCUT2D eigenvalue weighted by Crippen LogP contribution is -2.27. The second kappa shape index (κ2) is 8.19. The number of rotatable bonds is 8. The van der Waals surface area contributed by atoms with Gasteiger partial charge in [-0.3, -0.25) is 0 Å². The van der Waals surface area contributed by atoms with Gasteiger partial charge in [0.15, 0.2) is 0 Å². The van der Waals surface area contributed by atoms with E-state index in [1.54, 1.807) is 0 Å². The van der Waals surface area contributed by atoms with Crippen molar-refractivity contribution in [1.29, 1.82) is 0 Å². The van der Waals surface area contributed by atoms with Crippen molar-refractivity contribution in [2.24, 2.45) is 0 Å². The van der Waals surface area contributed by atoms with Crippen molar-refractivity contribution < 1.29 is 17.9 Å². The van der Waals surface area contributed by atoms with Gasteiger partial charge in [-0.2, -0.15) is 13.2 Å². The molecule has 0 rings (SSSR count). The van der Waals surface area contributed by atoms with Gasteiger partial charge >= 0.3 is 6.18 Å². The van der Waals surface area contributed by atoms with Crippen molar-refractivity contribution in [2.75, 3.05) is 38.7 Å². The molecule has 0 spiro atoms. The standard InChI is InChI=1S/C9H17ClF3NO/c1-2-14(6-4-10)5-3-7-15-8-9(11,12)13/h2-8H2,1H3. The van der Waals surface area contributed by atoms with E-state index in [9.17, 15) is 13.2 Å². The normalized spacial score (nSPS) is 12.4. The van der Waals surface area contributed by atoms with Crippen molar-refractivity contribution in [3.8, 4) is 0 Å². The first kappa shape index (κ1) is 15.0. The molecule has 0 radical (unpaired) electrons. The summed E-state index contributed by atoms with van der Waals surface area (Å²) in [6.45, 7) is 3.31. The molecule has 0 aliphatic heterocycles. The molecule has 0 unspecified atom stereocenters. The zero-order valence-electron chi connectivity index (χ0n) is 8.82. The molecule has 0 aromatic rings. The monoisotopic (exact) mass is 247 g/mol. The molecule has 0 N–H and O–H groups in total. The van der Waals surface area contributed by atoms with Crippen LogP contribution in [0.1, 0.15) is 13.3 Å². The van der Waals surface area contributed by atoms with Gasteiger partial charge in [0.25, 0.3) is 0 Å². The van der Waals surface area contributed by atoms with Gasteiger partial charge in [-0.25, -0.2) is 0 Å². The molecule has 0 saturated heterocycles. The summed E-state index contributed by atoms with van der Waals surface area (Å²) in [5.41, 5.74) is 0. The lowest BCUT2D eigenvalue weighted by atomic mass is 10.4. The molecule has 2 nitrogen and oxygen atoms in total. The van der Waals surface area contributed by atoms with Crippen LogP contribution in [0.5, 0.6) is 0 Å². The van der Waals surface area contributed by atoms with Crippen molar-refractivity contribution in [1.82, 2.24) is 4.90 Å². The van der Waals surface area contributed by atoms with Crippen LogP contribution in [0.25, 0.3) is 0 Å². The molecule has 0 aliphatic rings. The van der Waals surface area contributed by atoms with Crippen molar-refractivity contribution in [3.05, 3.63) is 0 Å². The summed E-state index contributed by atoms with van der Waals surface area (Å²) in [4.78, 5) is 2.07. The number of hydrogen-bond donors (Lipinski definition) is 0. The number of hydrogen-bond acceptors (Lipinski definition) is 2. The molecular formula is C9H17ClF3NO. The van der Waals surface area contributed by atoms with Crippen LogP contribution >= 0.6 is 11.6 Å². The molecule has 0 atom stereocenters. The number of halogens is 4. The number of alkyl halides is 4. The Labute approximate surface area is 93.3 Å². The highest BCUT2D eigenvalue weighted by atomic mass is 35.5. The molecule has 0 fully saturated rings. The maximum absolute atomic E-state index is 11.7. The van der Waals surface area contributed by atoms with Crippen molar-refractivity contribution in [3.63, 3.8) is 0 Å². The maximum Gasteiger partial charge on any atom is 0.411 e. The fraction of sp³-hybridized carbons (Fsp3) is 1.00. The average Bonchev–Trinajstić information content (AvgIpc) is 2.14. The van der Waals surface area contributed by atoms with Gasteiger partial charge in [-0.05, 0) is 13.0 Å². The van der Waals surface area contributed by atoms with E-state index in [-0.39, 0.29) is 6.61 Å². The summed E-state index contributed by atoms with van der Waals surface area (Å²) in [7, 11) is 0. The summed E-state index contributed by atoms with van der Waals surface area (Å²) < 4.78 is 39.5. The van der Waals surface area contributed by atoms with E-state index >= 15 is 0 Å². The average molecular weight is 248 g/mol. The molecule has 15 heavy (non-hydrogen) atoms. The van der Waals surface area contributed by atoms with E-state index in [0.29, 0.717) is 12.3 Å². The third-order valence-corrected chi connectivity index (χ3v) is 2.05. The van der Waals surface area contributed by atoms with E-state index < -0.39 is 12.8 Å². The molecular weight excluding hydrogens is 231 g/mol. The summed E-state index contributed by atoms with van der Waals surface area (Å²) in [6.07, 6.45) is -3.62. The fourth-order valence-corrected chi connectivity index (χ4v) is 1.36. The van der Waals surface area contributed by atoms with Gasteiger partial charge in [-0.1, -0.05) is 6.92 Å². The highest BCUT2D eigenvalue weighted by Gasteiger charge is 2.27. The molecule has 0 aliphatic carbocycles. The van der Waals surface area contributed by atoms with Gasteiger partial charge in [0.1, 0.15) is 6.61 Å². The summed E-state index contributed by atoms with van der Waals surface area (Å²) >= 11 is 5.55.